The van der Waals surface area contributed by atoms with Crippen LogP contribution in [0, 0.1) is 23.7 Å². The van der Waals surface area contributed by atoms with Gasteiger partial charge in [0, 0.05) is 37.6 Å². The van der Waals surface area contributed by atoms with Crippen LogP contribution in [0.3, 0.4) is 0 Å². The van der Waals surface area contributed by atoms with E-state index in [1.54, 1.807) is 85.7 Å². The van der Waals surface area contributed by atoms with E-state index in [-0.39, 0.29) is 49.7 Å². The maximum Gasteiger partial charge on any atom is 0.326 e. The summed E-state index contributed by atoms with van der Waals surface area (Å²) in [5, 5.41) is 43.0. The van der Waals surface area contributed by atoms with E-state index in [4.69, 9.17) is 11.5 Å². The maximum atomic E-state index is 14.5. The number of aromatic hydroxyl groups is 1. The Hall–Kier alpha value is -8.42. The standard InChI is InChI=1S/C56H83N13O13/c1-9-32(7)47(68-45(73)28-60-53(78)46(58)31(5)6)54(79)61-27-44(72)63-40(23-34-14-12-11-13-15-34)51(76)66-41(25-36-26-59-29-62-36)52(77)65-39(22-30(3)4)50(75)64-38(20-21-43(57)71)49(74)69-48(33(8)10-2)55(80)67-42(56(81)82)24-35-16-18-37(70)19-17-35/h11-19,26,29-33,38-42,46-48,70H,9-10,20-25,27-28,58H2,1-8H3,(H2,57,71)(H,59,62)(H,60,78)(H,61,79)(H,63,72)(H,64,75)(H,65,77)(H,66,76)(H,67,80)(H,68,73)(H,69,74)(H,81,82)/t32-,33-,38-,39-,40-,41-,42-,46-,47-,48-/m0/s1. The minimum atomic E-state index is -1.51. The Bertz CT molecular complexity index is 2620. The minimum Gasteiger partial charge on any atom is -0.508 e. The van der Waals surface area contributed by atoms with Crippen LogP contribution in [0.15, 0.2) is 67.1 Å². The molecule has 450 valence electrons. The van der Waals surface area contributed by atoms with Gasteiger partial charge in [0.05, 0.1) is 25.5 Å². The second kappa shape index (κ2) is 34.0. The fourth-order valence-corrected chi connectivity index (χ4v) is 8.28. The van der Waals surface area contributed by atoms with Crippen LogP contribution in [0.4, 0.5) is 0 Å². The van der Waals surface area contributed by atoms with Gasteiger partial charge in [-0.3, -0.25) is 47.9 Å². The first-order chi connectivity index (χ1) is 38.7. The molecule has 0 unspecified atom stereocenters. The summed E-state index contributed by atoms with van der Waals surface area (Å²) < 4.78 is 0. The van der Waals surface area contributed by atoms with Crippen LogP contribution in [0.1, 0.15) is 104 Å². The molecule has 26 nitrogen and oxygen atoms in total. The van der Waals surface area contributed by atoms with Gasteiger partial charge < -0.3 is 74.5 Å². The summed E-state index contributed by atoms with van der Waals surface area (Å²) in [7, 11) is 0. The highest BCUT2D eigenvalue weighted by Gasteiger charge is 2.36. The molecule has 2 aromatic carbocycles. The molecular weight excluding hydrogens is 1060 g/mol. The Morgan fingerprint density at radius 3 is 1.59 bits per heavy atom. The summed E-state index contributed by atoms with van der Waals surface area (Å²) in [6.07, 6.45) is 2.35. The van der Waals surface area contributed by atoms with E-state index in [2.05, 4.69) is 57.8 Å². The largest absolute Gasteiger partial charge is 0.508 e. The van der Waals surface area contributed by atoms with Crippen LogP contribution in [0.25, 0.3) is 0 Å². The van der Waals surface area contributed by atoms with Gasteiger partial charge in [0.1, 0.15) is 48.0 Å². The predicted molar refractivity (Wildman–Crippen MR) is 301 cm³/mol. The zero-order chi connectivity index (χ0) is 61.2. The number of primary amides is 1. The first-order valence-corrected chi connectivity index (χ1v) is 27.4. The van der Waals surface area contributed by atoms with Crippen molar-refractivity contribution in [2.75, 3.05) is 13.1 Å². The SMILES string of the molecule is CC[C@H](C)[C@H](NC(=O)CNC(=O)[C@@H](N)C(C)C)C(=O)NCC(=O)N[C@@H](Cc1ccccc1)C(=O)N[C@@H](Cc1cnc[nH]1)C(=O)N[C@@H](CC(C)C)C(=O)N[C@@H](CCC(N)=O)C(=O)N[C@H](C(=O)N[C@@H](Cc1ccc(O)cc1)C(=O)O)[C@@H](C)CC. The van der Waals surface area contributed by atoms with Crippen LogP contribution in [-0.4, -0.2) is 147 Å². The summed E-state index contributed by atoms with van der Waals surface area (Å²) in [5.41, 5.74) is 12.8. The maximum absolute atomic E-state index is 14.5. The number of rotatable bonds is 35. The van der Waals surface area contributed by atoms with Gasteiger partial charge in [-0.05, 0) is 59.8 Å². The second-order valence-electron chi connectivity index (χ2n) is 21.2. The highest BCUT2D eigenvalue weighted by molar-refractivity contribution is 5.98. The molecule has 1 aromatic heterocycles. The van der Waals surface area contributed by atoms with Crippen molar-refractivity contribution in [3.05, 3.63) is 83.9 Å². The number of hydrogen-bond acceptors (Lipinski definition) is 14. The third-order valence-corrected chi connectivity index (χ3v) is 13.7. The predicted octanol–water partition coefficient (Wildman–Crippen LogP) is -0.759. The number of H-pyrrole nitrogens is 1. The number of phenolic OH excluding ortho intramolecular Hbond substituents is 1. The molecule has 3 aromatic rings. The second-order valence-corrected chi connectivity index (χ2v) is 21.2. The lowest BCUT2D eigenvalue weighted by atomic mass is 9.96. The average Bonchev–Trinajstić information content (AvgIpc) is 3.99. The van der Waals surface area contributed by atoms with E-state index >= 15 is 0 Å². The van der Waals surface area contributed by atoms with Crippen molar-refractivity contribution in [1.82, 2.24) is 57.8 Å². The van der Waals surface area contributed by atoms with Crippen molar-refractivity contribution in [3.8, 4) is 5.75 Å². The number of carboxylic acid groups (broad SMARTS) is 1. The molecule has 0 saturated carbocycles. The van der Waals surface area contributed by atoms with Crippen LogP contribution in [0.2, 0.25) is 0 Å². The molecule has 0 radical (unpaired) electrons. The first kappa shape index (κ1) is 67.9. The first-order valence-electron chi connectivity index (χ1n) is 27.4. The zero-order valence-corrected chi connectivity index (χ0v) is 47.8. The number of carboxylic acids is 1. The summed E-state index contributed by atoms with van der Waals surface area (Å²) in [5.74, 6) is -10.8. The number of nitrogens with zero attached hydrogens (tertiary/aromatic N) is 1. The summed E-state index contributed by atoms with van der Waals surface area (Å²) in [4.78, 5) is 155. The molecule has 0 fully saturated rings. The van der Waals surface area contributed by atoms with Gasteiger partial charge in [0.2, 0.25) is 59.1 Å². The smallest absolute Gasteiger partial charge is 0.326 e. The lowest BCUT2D eigenvalue weighted by Crippen LogP contribution is -2.61. The Labute approximate surface area is 477 Å². The number of carbonyl (C=O) groups is 11. The van der Waals surface area contributed by atoms with E-state index < -0.39 is 145 Å². The van der Waals surface area contributed by atoms with Crippen LogP contribution >= 0.6 is 0 Å². The Balaban J connectivity index is 1.86. The molecule has 0 bridgehead atoms. The Morgan fingerprint density at radius 1 is 0.561 bits per heavy atom. The van der Waals surface area contributed by atoms with Gasteiger partial charge in [0.25, 0.3) is 0 Å². The third kappa shape index (κ3) is 23.3. The number of imidazole rings is 1. The fraction of sp³-hybridized carbons (Fsp3) is 0.536. The number of aliphatic carboxylic acids is 1. The molecular formula is C56H83N13O13. The Kier molecular flexibility index (Phi) is 28.1. The van der Waals surface area contributed by atoms with Gasteiger partial charge in [0.15, 0.2) is 0 Å². The monoisotopic (exact) mass is 1150 g/mol. The van der Waals surface area contributed by atoms with E-state index in [1.165, 1.54) is 36.8 Å². The van der Waals surface area contributed by atoms with Crippen molar-refractivity contribution in [3.63, 3.8) is 0 Å². The fourth-order valence-electron chi connectivity index (χ4n) is 8.28. The molecule has 26 heteroatoms. The van der Waals surface area contributed by atoms with E-state index in [0.29, 0.717) is 29.7 Å². The quantitative estimate of drug-likeness (QED) is 0.0344. The number of phenols is 1. The molecule has 10 atom stereocenters. The lowest BCUT2D eigenvalue weighted by molar-refractivity contribution is -0.142. The summed E-state index contributed by atoms with van der Waals surface area (Å²) in [6, 6.07) is 3.90. The molecule has 1 heterocycles. The van der Waals surface area contributed by atoms with Gasteiger partial charge in [-0.1, -0.05) is 111 Å². The molecule has 0 aliphatic carbocycles. The van der Waals surface area contributed by atoms with Crippen molar-refractivity contribution in [2.24, 2.45) is 35.1 Å². The number of nitrogens with one attached hydrogen (secondary N) is 10. The number of carbonyl (C=O) groups excluding carboxylic acids is 10. The van der Waals surface area contributed by atoms with Crippen molar-refractivity contribution >= 4 is 65.0 Å². The van der Waals surface area contributed by atoms with E-state index in [1.807, 2.05) is 0 Å². The summed E-state index contributed by atoms with van der Waals surface area (Å²) >= 11 is 0. The zero-order valence-electron chi connectivity index (χ0n) is 47.8. The molecule has 0 aliphatic heterocycles. The molecule has 10 amide bonds. The molecule has 0 aliphatic rings. The number of amides is 10. The van der Waals surface area contributed by atoms with E-state index in [9.17, 15) is 63.0 Å². The van der Waals surface area contributed by atoms with Crippen molar-refractivity contribution in [1.29, 1.82) is 0 Å². The van der Waals surface area contributed by atoms with Gasteiger partial charge in [-0.25, -0.2) is 9.78 Å². The number of aromatic amines is 1. The highest BCUT2D eigenvalue weighted by atomic mass is 16.4. The third-order valence-electron chi connectivity index (χ3n) is 13.7. The van der Waals surface area contributed by atoms with Crippen LogP contribution in [0.5, 0.6) is 5.75 Å². The molecule has 0 saturated heterocycles. The van der Waals surface area contributed by atoms with Crippen molar-refractivity contribution < 1.29 is 63.0 Å². The van der Waals surface area contributed by atoms with Crippen LogP contribution < -0.4 is 59.3 Å². The molecule has 82 heavy (non-hydrogen) atoms. The normalized spacial score (nSPS) is 14.8. The van der Waals surface area contributed by atoms with E-state index in [0.717, 1.165) is 0 Å². The lowest BCUT2D eigenvalue weighted by Gasteiger charge is -2.29. The summed E-state index contributed by atoms with van der Waals surface area (Å²) in [6.45, 7) is 12.8. The molecule has 16 N–H and O–H groups in total. The van der Waals surface area contributed by atoms with Gasteiger partial charge >= 0.3 is 5.97 Å². The van der Waals surface area contributed by atoms with Gasteiger partial charge in [-0.2, -0.15) is 0 Å². The van der Waals surface area contributed by atoms with Gasteiger partial charge in [-0.15, -0.1) is 0 Å². The number of benzene rings is 2. The Morgan fingerprint density at radius 2 is 1.05 bits per heavy atom. The minimum absolute atomic E-state index is 0.00842. The number of hydrogen-bond donors (Lipinski definition) is 14. The molecule has 3 rings (SSSR count). The topological polar surface area (TPSA) is 417 Å². The highest BCUT2D eigenvalue weighted by Crippen LogP contribution is 2.16. The van der Waals surface area contributed by atoms with Crippen LogP contribution in [-0.2, 0) is 72.0 Å². The number of aromatic nitrogens is 2. The number of nitrogens with two attached hydrogens (primary N) is 2. The molecule has 0 spiro atoms. The van der Waals surface area contributed by atoms with Crippen molar-refractivity contribution in [2.45, 2.75) is 155 Å². The average molecular weight is 1150 g/mol.